The van der Waals surface area contributed by atoms with E-state index in [-0.39, 0.29) is 17.8 Å². The van der Waals surface area contributed by atoms with Crippen LogP contribution in [0, 0.1) is 5.92 Å². The van der Waals surface area contributed by atoms with Gasteiger partial charge >= 0.3 is 0 Å². The summed E-state index contributed by atoms with van der Waals surface area (Å²) in [6.07, 6.45) is 19.2. The number of hydrogen-bond acceptors (Lipinski definition) is 3. The van der Waals surface area contributed by atoms with Gasteiger partial charge in [0.25, 0.3) is 0 Å². The van der Waals surface area contributed by atoms with Crippen LogP contribution in [-0.2, 0) is 19.5 Å². The molecular weight excluding hydrogens is 531 g/mol. The van der Waals surface area contributed by atoms with E-state index in [1.54, 1.807) is 0 Å². The van der Waals surface area contributed by atoms with Crippen LogP contribution in [0.15, 0.2) is 120 Å². The molecule has 0 spiro atoms. The van der Waals surface area contributed by atoms with Crippen LogP contribution in [0.2, 0.25) is 0 Å². The Bertz CT molecular complexity index is 1410. The summed E-state index contributed by atoms with van der Waals surface area (Å²) in [5.74, 6) is 0.0478. The van der Waals surface area contributed by atoms with E-state index >= 15 is 4.39 Å². The van der Waals surface area contributed by atoms with Crippen LogP contribution in [0.3, 0.4) is 0 Å². The van der Waals surface area contributed by atoms with Crippen molar-refractivity contribution >= 4 is 11.4 Å². The van der Waals surface area contributed by atoms with Crippen molar-refractivity contribution in [1.82, 2.24) is 10.2 Å². The van der Waals surface area contributed by atoms with Crippen molar-refractivity contribution in [1.29, 1.82) is 0 Å². The van der Waals surface area contributed by atoms with Gasteiger partial charge in [0.05, 0.1) is 5.70 Å². The third-order valence-electron chi connectivity index (χ3n) is 8.02. The lowest BCUT2D eigenvalue weighted by Gasteiger charge is -2.28. The fourth-order valence-corrected chi connectivity index (χ4v) is 5.29. The molecule has 1 saturated carbocycles. The van der Waals surface area contributed by atoms with Gasteiger partial charge in [-0.1, -0.05) is 99.9 Å². The SMILES string of the molecule is C=CN=C(/C(F)=C(/NCc1ccc(CC(=C)N)cc1)C(C)CC)N(Cc1cccc(C2=CCCC/C=C/C=C2)c1)C1CC1. The Balaban J connectivity index is 1.59. The molecule has 1 atom stereocenters. The van der Waals surface area contributed by atoms with Gasteiger partial charge in [-0.05, 0) is 78.3 Å². The van der Waals surface area contributed by atoms with Gasteiger partial charge in [0, 0.05) is 37.4 Å². The molecule has 4 nitrogen and oxygen atoms in total. The first-order chi connectivity index (χ1) is 20.9. The Morgan fingerprint density at radius 2 is 1.88 bits per heavy atom. The van der Waals surface area contributed by atoms with Crippen molar-refractivity contribution in [2.24, 2.45) is 16.6 Å². The molecule has 5 heteroatoms. The summed E-state index contributed by atoms with van der Waals surface area (Å²) >= 11 is 0. The second-order valence-electron chi connectivity index (χ2n) is 11.6. The number of nitrogens with two attached hydrogens (primary N) is 1. The van der Waals surface area contributed by atoms with Crippen molar-refractivity contribution in [3.05, 3.63) is 138 Å². The minimum atomic E-state index is -0.304. The van der Waals surface area contributed by atoms with Gasteiger partial charge in [0.1, 0.15) is 0 Å². The maximum atomic E-state index is 16.6. The van der Waals surface area contributed by atoms with Crippen LogP contribution in [0.4, 0.5) is 4.39 Å². The van der Waals surface area contributed by atoms with Crippen LogP contribution < -0.4 is 11.1 Å². The van der Waals surface area contributed by atoms with Crippen molar-refractivity contribution in [2.75, 3.05) is 0 Å². The molecule has 43 heavy (non-hydrogen) atoms. The third-order valence-corrected chi connectivity index (χ3v) is 8.02. The Kier molecular flexibility index (Phi) is 11.8. The van der Waals surface area contributed by atoms with E-state index in [0.29, 0.717) is 36.7 Å². The Hall–Kier alpha value is -4.12. The highest BCUT2D eigenvalue weighted by Gasteiger charge is 2.34. The average Bonchev–Trinajstić information content (AvgIpc) is 3.83. The molecule has 4 rings (SSSR count). The van der Waals surface area contributed by atoms with Gasteiger partial charge in [-0.15, -0.1) is 0 Å². The molecule has 226 valence electrons. The first kappa shape index (κ1) is 31.8. The zero-order valence-electron chi connectivity index (χ0n) is 25.9. The fourth-order valence-electron chi connectivity index (χ4n) is 5.29. The van der Waals surface area contributed by atoms with Crippen LogP contribution in [0.1, 0.15) is 74.6 Å². The summed E-state index contributed by atoms with van der Waals surface area (Å²) in [7, 11) is 0. The van der Waals surface area contributed by atoms with Crippen molar-refractivity contribution in [3.8, 4) is 0 Å². The van der Waals surface area contributed by atoms with Crippen molar-refractivity contribution < 1.29 is 4.39 Å². The molecule has 0 heterocycles. The largest absolute Gasteiger partial charge is 0.402 e. The average molecular weight is 579 g/mol. The maximum absolute atomic E-state index is 16.6. The first-order valence-corrected chi connectivity index (χ1v) is 15.6. The van der Waals surface area contributed by atoms with Crippen LogP contribution >= 0.6 is 0 Å². The molecule has 0 amide bonds. The Morgan fingerprint density at radius 3 is 2.58 bits per heavy atom. The smallest absolute Gasteiger partial charge is 0.184 e. The molecule has 2 aliphatic rings. The molecule has 0 aliphatic heterocycles. The van der Waals surface area contributed by atoms with Gasteiger partial charge < -0.3 is 16.0 Å². The fraction of sp³-hybridized carbons (Fsp3) is 0.342. The molecule has 1 fully saturated rings. The van der Waals surface area contributed by atoms with E-state index in [2.05, 4.69) is 109 Å². The summed E-state index contributed by atoms with van der Waals surface area (Å²) in [6, 6.07) is 17.1. The lowest BCUT2D eigenvalue weighted by molar-refractivity contribution is 0.390. The van der Waals surface area contributed by atoms with Crippen LogP contribution in [-0.4, -0.2) is 16.8 Å². The van der Waals surface area contributed by atoms with Gasteiger partial charge in [-0.2, -0.15) is 0 Å². The zero-order valence-corrected chi connectivity index (χ0v) is 25.9. The number of rotatable bonds is 13. The summed E-state index contributed by atoms with van der Waals surface area (Å²) in [5, 5.41) is 3.43. The number of hydrogen-bond donors (Lipinski definition) is 2. The van der Waals surface area contributed by atoms with E-state index in [1.807, 2.05) is 12.1 Å². The third kappa shape index (κ3) is 9.44. The predicted molar refractivity (Wildman–Crippen MR) is 181 cm³/mol. The van der Waals surface area contributed by atoms with Crippen LogP contribution in [0.5, 0.6) is 0 Å². The molecule has 0 bridgehead atoms. The van der Waals surface area contributed by atoms with E-state index in [9.17, 15) is 0 Å². The lowest BCUT2D eigenvalue weighted by Crippen LogP contribution is -2.35. The monoisotopic (exact) mass is 578 g/mol. The number of allylic oxidation sites excluding steroid dienone is 8. The molecule has 0 aromatic heterocycles. The maximum Gasteiger partial charge on any atom is 0.184 e. The molecule has 0 radical (unpaired) electrons. The lowest BCUT2D eigenvalue weighted by atomic mass is 10.0. The minimum Gasteiger partial charge on any atom is -0.402 e. The van der Waals surface area contributed by atoms with E-state index in [0.717, 1.165) is 55.2 Å². The van der Waals surface area contributed by atoms with Gasteiger partial charge in [0.2, 0.25) is 0 Å². The number of nitrogens with zero attached hydrogens (tertiary/aromatic N) is 2. The predicted octanol–water partition coefficient (Wildman–Crippen LogP) is 8.90. The number of amidine groups is 1. The zero-order chi connectivity index (χ0) is 30.6. The van der Waals surface area contributed by atoms with Crippen LogP contribution in [0.25, 0.3) is 5.57 Å². The Labute approximate surface area is 258 Å². The molecule has 3 N–H and O–H groups in total. The molecular formula is C38H47FN4. The van der Waals surface area contributed by atoms with Gasteiger partial charge in [-0.25, -0.2) is 9.38 Å². The van der Waals surface area contributed by atoms with E-state index < -0.39 is 0 Å². The topological polar surface area (TPSA) is 53.6 Å². The number of benzene rings is 2. The first-order valence-electron chi connectivity index (χ1n) is 15.6. The van der Waals surface area contributed by atoms with E-state index in [4.69, 9.17) is 5.73 Å². The summed E-state index contributed by atoms with van der Waals surface area (Å²) in [5.41, 5.74) is 12.7. The quantitative estimate of drug-likeness (QED) is 0.184. The highest BCUT2D eigenvalue weighted by Crippen LogP contribution is 2.33. The molecule has 2 aliphatic carbocycles. The van der Waals surface area contributed by atoms with E-state index in [1.165, 1.54) is 17.3 Å². The molecule has 1 unspecified atom stereocenters. The summed E-state index contributed by atoms with van der Waals surface area (Å²) in [6.45, 7) is 12.9. The molecule has 2 aromatic carbocycles. The van der Waals surface area contributed by atoms with Gasteiger partial charge in [0.15, 0.2) is 11.7 Å². The summed E-state index contributed by atoms with van der Waals surface area (Å²) in [4.78, 5) is 6.67. The highest BCUT2D eigenvalue weighted by atomic mass is 19.1. The number of halogens is 1. The molecule has 0 saturated heterocycles. The standard InChI is InChI=1S/C38H47FN4/c1-5-28(3)37(42-26-31-20-18-30(19-21-31)24-29(4)40)36(39)38(41-6-2)43(35-22-23-35)27-32-14-13-17-34(25-32)33-15-11-9-7-8-10-12-16-33/h6-7,9,11,13-21,25,28,35,42H,2,4-5,8,10,12,22-24,26-27,40H2,1,3H3/b9-7+,15-11?,33-16?,37-36-,41-38?. The summed E-state index contributed by atoms with van der Waals surface area (Å²) < 4.78 is 16.6. The molecule has 2 aromatic rings. The van der Waals surface area contributed by atoms with Crippen molar-refractivity contribution in [3.63, 3.8) is 0 Å². The normalized spacial score (nSPS) is 17.5. The second kappa shape index (κ2) is 15.9. The second-order valence-corrected chi connectivity index (χ2v) is 11.6. The van der Waals surface area contributed by atoms with Crippen molar-refractivity contribution in [2.45, 2.75) is 77.9 Å². The highest BCUT2D eigenvalue weighted by molar-refractivity contribution is 5.97. The number of nitrogens with one attached hydrogen (secondary N) is 1. The Morgan fingerprint density at radius 1 is 1.12 bits per heavy atom. The minimum absolute atomic E-state index is 0.00425. The number of aliphatic imine (C=N–C) groups is 1. The van der Waals surface area contributed by atoms with Gasteiger partial charge in [-0.3, -0.25) is 0 Å².